The van der Waals surface area contributed by atoms with E-state index in [-0.39, 0.29) is 11.8 Å². The first-order valence-electron chi connectivity index (χ1n) is 9.60. The van der Waals surface area contributed by atoms with Gasteiger partial charge in [-0.05, 0) is 30.4 Å². The molecule has 1 heterocycles. The fourth-order valence-corrected chi connectivity index (χ4v) is 3.62. The fourth-order valence-electron chi connectivity index (χ4n) is 3.62. The maximum absolute atomic E-state index is 12.5. The minimum atomic E-state index is -0.472. The van der Waals surface area contributed by atoms with Crippen molar-refractivity contribution < 1.29 is 4.79 Å². The van der Waals surface area contributed by atoms with Gasteiger partial charge in [-0.1, -0.05) is 60.7 Å². The Morgan fingerprint density at radius 3 is 1.96 bits per heavy atom. The van der Waals surface area contributed by atoms with Crippen molar-refractivity contribution in [2.75, 3.05) is 26.2 Å². The lowest BCUT2D eigenvalue weighted by atomic mass is 9.91. The van der Waals surface area contributed by atoms with Crippen LogP contribution in [0, 0.1) is 0 Å². The molecular weight excluding hydrogens is 322 g/mol. The molecule has 2 aromatic rings. The molecule has 138 valence electrons. The second kappa shape index (κ2) is 9.51. The highest BCUT2D eigenvalue weighted by molar-refractivity contribution is 5.82. The van der Waals surface area contributed by atoms with Gasteiger partial charge in [-0.15, -0.1) is 0 Å². The predicted molar refractivity (Wildman–Crippen MR) is 106 cm³/mol. The summed E-state index contributed by atoms with van der Waals surface area (Å²) in [5, 5.41) is 3.43. The Kier molecular flexibility index (Phi) is 6.81. The number of nitrogens with zero attached hydrogens (tertiary/aromatic N) is 1. The molecule has 0 aromatic heterocycles. The van der Waals surface area contributed by atoms with Crippen molar-refractivity contribution in [2.45, 2.75) is 31.2 Å². The number of carbonyl (C=O) groups is 1. The van der Waals surface area contributed by atoms with E-state index in [0.717, 1.165) is 32.5 Å². The Hall–Kier alpha value is -2.17. The molecule has 1 unspecified atom stereocenters. The van der Waals surface area contributed by atoms with E-state index in [2.05, 4.69) is 53.8 Å². The molecule has 0 bridgehead atoms. The van der Waals surface area contributed by atoms with Gasteiger partial charge in [0.1, 0.15) is 0 Å². The quantitative estimate of drug-likeness (QED) is 0.806. The highest BCUT2D eigenvalue weighted by Gasteiger charge is 2.22. The van der Waals surface area contributed by atoms with Gasteiger partial charge in [-0.3, -0.25) is 4.79 Å². The van der Waals surface area contributed by atoms with Crippen molar-refractivity contribution in [1.29, 1.82) is 0 Å². The van der Waals surface area contributed by atoms with Crippen LogP contribution in [0.1, 0.15) is 36.3 Å². The Labute approximate surface area is 156 Å². The minimum absolute atomic E-state index is 0.0770. The number of amides is 1. The fraction of sp³-hybridized carbons (Fsp3) is 0.409. The number of hydrogen-bond donors (Lipinski definition) is 2. The number of nitrogens with two attached hydrogens (primary N) is 1. The van der Waals surface area contributed by atoms with Gasteiger partial charge in [-0.25, -0.2) is 0 Å². The lowest BCUT2D eigenvalue weighted by molar-refractivity contribution is -0.133. The minimum Gasteiger partial charge on any atom is -0.341 e. The third kappa shape index (κ3) is 4.93. The van der Waals surface area contributed by atoms with Gasteiger partial charge in [0.25, 0.3) is 0 Å². The smallest absolute Gasteiger partial charge is 0.240 e. The first-order valence-corrected chi connectivity index (χ1v) is 9.60. The molecular formula is C22H29N3O. The van der Waals surface area contributed by atoms with E-state index in [4.69, 9.17) is 5.73 Å². The van der Waals surface area contributed by atoms with Gasteiger partial charge in [0.15, 0.2) is 0 Å². The van der Waals surface area contributed by atoms with Crippen LogP contribution in [0.4, 0.5) is 0 Å². The van der Waals surface area contributed by atoms with Crippen LogP contribution in [0.2, 0.25) is 0 Å². The van der Waals surface area contributed by atoms with Gasteiger partial charge in [0.05, 0.1) is 6.04 Å². The molecule has 2 aromatic carbocycles. The van der Waals surface area contributed by atoms with Crippen LogP contribution in [-0.2, 0) is 4.79 Å². The predicted octanol–water partition coefficient (Wildman–Crippen LogP) is 2.75. The van der Waals surface area contributed by atoms with Crippen LogP contribution in [0.15, 0.2) is 60.7 Å². The maximum Gasteiger partial charge on any atom is 0.240 e. The van der Waals surface area contributed by atoms with Crippen LogP contribution in [-0.4, -0.2) is 43.0 Å². The average molecular weight is 351 g/mol. The normalized spacial score (nSPS) is 15.8. The van der Waals surface area contributed by atoms with Gasteiger partial charge < -0.3 is 16.0 Å². The van der Waals surface area contributed by atoms with Crippen LogP contribution >= 0.6 is 0 Å². The van der Waals surface area contributed by atoms with Crippen molar-refractivity contribution in [1.82, 2.24) is 10.2 Å². The summed E-state index contributed by atoms with van der Waals surface area (Å²) in [5.41, 5.74) is 8.69. The number of benzene rings is 2. The van der Waals surface area contributed by atoms with E-state index in [0.29, 0.717) is 6.54 Å². The highest BCUT2D eigenvalue weighted by Crippen LogP contribution is 2.23. The summed E-state index contributed by atoms with van der Waals surface area (Å²) in [5.74, 6) is 0.322. The summed E-state index contributed by atoms with van der Waals surface area (Å²) in [6, 6.07) is 20.5. The van der Waals surface area contributed by atoms with E-state index < -0.39 is 6.04 Å². The molecule has 1 aliphatic heterocycles. The summed E-state index contributed by atoms with van der Waals surface area (Å²) < 4.78 is 0. The molecule has 1 saturated heterocycles. The van der Waals surface area contributed by atoms with Gasteiger partial charge >= 0.3 is 0 Å². The van der Waals surface area contributed by atoms with E-state index in [1.54, 1.807) is 0 Å². The molecule has 0 spiro atoms. The third-order valence-electron chi connectivity index (χ3n) is 5.10. The lowest BCUT2D eigenvalue weighted by Crippen LogP contribution is -2.50. The molecule has 4 nitrogen and oxygen atoms in total. The standard InChI is InChI=1S/C22H29N3O/c23-21(22(26)25-14-8-3-9-15-25)17-24-16-20(18-10-4-1-5-11-18)19-12-6-2-7-13-19/h1-2,4-7,10-13,20-21,24H,3,8-9,14-17,23H2. The third-order valence-corrected chi connectivity index (χ3v) is 5.10. The number of likely N-dealkylation sites (tertiary alicyclic amines) is 1. The summed E-state index contributed by atoms with van der Waals surface area (Å²) in [6.07, 6.45) is 3.40. The summed E-state index contributed by atoms with van der Waals surface area (Å²) in [6.45, 7) is 2.97. The largest absolute Gasteiger partial charge is 0.341 e. The SMILES string of the molecule is NC(CNCC(c1ccccc1)c1ccccc1)C(=O)N1CCCCC1. The Balaban J connectivity index is 1.58. The maximum atomic E-state index is 12.5. The first-order chi connectivity index (χ1) is 12.8. The molecule has 3 rings (SSSR count). The molecule has 0 aliphatic carbocycles. The van der Waals surface area contributed by atoms with E-state index in [1.807, 2.05) is 17.0 Å². The second-order valence-corrected chi connectivity index (χ2v) is 7.02. The molecule has 1 amide bonds. The summed E-state index contributed by atoms with van der Waals surface area (Å²) in [4.78, 5) is 14.4. The highest BCUT2D eigenvalue weighted by atomic mass is 16.2. The molecule has 1 aliphatic rings. The van der Waals surface area contributed by atoms with Crippen molar-refractivity contribution in [3.63, 3.8) is 0 Å². The van der Waals surface area contributed by atoms with Gasteiger partial charge in [0, 0.05) is 32.1 Å². The van der Waals surface area contributed by atoms with Crippen molar-refractivity contribution in [3.05, 3.63) is 71.8 Å². The number of nitrogens with one attached hydrogen (secondary N) is 1. The van der Waals surface area contributed by atoms with Crippen LogP contribution < -0.4 is 11.1 Å². The molecule has 0 radical (unpaired) electrons. The number of rotatable bonds is 7. The Bertz CT molecular complexity index is 629. The molecule has 1 fully saturated rings. The molecule has 1 atom stereocenters. The van der Waals surface area contributed by atoms with Gasteiger partial charge in [-0.2, -0.15) is 0 Å². The van der Waals surface area contributed by atoms with E-state index >= 15 is 0 Å². The van der Waals surface area contributed by atoms with Crippen molar-refractivity contribution >= 4 is 5.91 Å². The average Bonchev–Trinajstić information content (AvgIpc) is 2.72. The van der Waals surface area contributed by atoms with Crippen LogP contribution in [0.25, 0.3) is 0 Å². The summed E-state index contributed by atoms with van der Waals surface area (Å²) in [7, 11) is 0. The van der Waals surface area contributed by atoms with Gasteiger partial charge in [0.2, 0.25) is 5.91 Å². The van der Waals surface area contributed by atoms with Crippen molar-refractivity contribution in [3.8, 4) is 0 Å². The van der Waals surface area contributed by atoms with Crippen LogP contribution in [0.3, 0.4) is 0 Å². The number of piperidine rings is 1. The Morgan fingerprint density at radius 1 is 0.885 bits per heavy atom. The molecule has 4 heteroatoms. The zero-order valence-corrected chi connectivity index (χ0v) is 15.3. The molecule has 26 heavy (non-hydrogen) atoms. The van der Waals surface area contributed by atoms with E-state index in [9.17, 15) is 4.79 Å². The van der Waals surface area contributed by atoms with Crippen molar-refractivity contribution in [2.24, 2.45) is 5.73 Å². The lowest BCUT2D eigenvalue weighted by Gasteiger charge is -2.29. The zero-order valence-electron chi connectivity index (χ0n) is 15.3. The second-order valence-electron chi connectivity index (χ2n) is 7.02. The Morgan fingerprint density at radius 2 is 1.42 bits per heavy atom. The first kappa shape index (κ1) is 18.6. The molecule has 0 saturated carbocycles. The zero-order chi connectivity index (χ0) is 18.2. The molecule has 3 N–H and O–H groups in total. The number of hydrogen-bond acceptors (Lipinski definition) is 3. The topological polar surface area (TPSA) is 58.4 Å². The van der Waals surface area contributed by atoms with E-state index in [1.165, 1.54) is 17.5 Å². The monoisotopic (exact) mass is 351 g/mol. The summed E-state index contributed by atoms with van der Waals surface area (Å²) >= 11 is 0. The number of carbonyl (C=O) groups excluding carboxylic acids is 1. The van der Waals surface area contributed by atoms with Crippen LogP contribution in [0.5, 0.6) is 0 Å².